The molecule has 0 radical (unpaired) electrons. The molecule has 0 atom stereocenters. The Morgan fingerprint density at radius 2 is 1.14 bits per heavy atom. The zero-order valence-electron chi connectivity index (χ0n) is 24.7. The van der Waals surface area contributed by atoms with E-state index in [9.17, 15) is 0 Å². The predicted molar refractivity (Wildman–Crippen MR) is 186 cm³/mol. The molecular weight excluding hydrogens is 530 g/mol. The van der Waals surface area contributed by atoms with Crippen molar-refractivity contribution in [2.75, 3.05) is 0 Å². The zero-order valence-corrected chi connectivity index (χ0v) is 24.7. The molecule has 1 nitrogen and oxygen atoms in total. The van der Waals surface area contributed by atoms with Gasteiger partial charge in [0, 0.05) is 21.9 Å². The third-order valence-corrected chi connectivity index (χ3v) is 10.3. The van der Waals surface area contributed by atoms with E-state index in [4.69, 9.17) is 0 Å². The summed E-state index contributed by atoms with van der Waals surface area (Å²) in [6.45, 7) is 4.72. The van der Waals surface area contributed by atoms with E-state index >= 15 is 0 Å². The quantitative estimate of drug-likeness (QED) is 0.198. The summed E-state index contributed by atoms with van der Waals surface area (Å²) >= 11 is 0. The number of rotatable bonds is 2. The van der Waals surface area contributed by atoms with Crippen molar-refractivity contribution in [2.45, 2.75) is 19.3 Å². The Morgan fingerprint density at radius 3 is 1.98 bits per heavy atom. The minimum absolute atomic E-state index is 0.0389. The summed E-state index contributed by atoms with van der Waals surface area (Å²) in [4.78, 5) is 0. The first-order valence-corrected chi connectivity index (χ1v) is 15.5. The lowest BCUT2D eigenvalue weighted by atomic mass is 9.82. The van der Waals surface area contributed by atoms with Gasteiger partial charge in [0.2, 0.25) is 0 Å². The highest BCUT2D eigenvalue weighted by Gasteiger charge is 2.36. The van der Waals surface area contributed by atoms with Gasteiger partial charge in [0.25, 0.3) is 0 Å². The standard InChI is InChI=1S/C43H29N/c1-43(2)38-15-5-3-11-31(38)36-24-37-32-12-4-6-16-40(32)44(41(37)25-39(36)43)29-20-17-26(18-21-29)28-19-22-30-33-13-7-9-27-10-8-14-34(42(27)33)35(30)23-28/h3-25H,1-2H3. The van der Waals surface area contributed by atoms with Gasteiger partial charge in [0.1, 0.15) is 0 Å². The number of fused-ring (bicyclic) bond motifs is 9. The predicted octanol–water partition coefficient (Wildman–Crippen LogP) is 11.6. The highest BCUT2D eigenvalue weighted by atomic mass is 15.0. The average molecular weight is 560 g/mol. The first-order valence-electron chi connectivity index (χ1n) is 15.5. The molecule has 0 N–H and O–H groups in total. The third kappa shape index (κ3) is 3.04. The smallest absolute Gasteiger partial charge is 0.0544 e. The summed E-state index contributed by atoms with van der Waals surface area (Å²) in [6.07, 6.45) is 0. The van der Waals surface area contributed by atoms with Gasteiger partial charge in [-0.2, -0.15) is 0 Å². The van der Waals surface area contributed by atoms with Crippen LogP contribution >= 0.6 is 0 Å². The van der Waals surface area contributed by atoms with Gasteiger partial charge in [-0.25, -0.2) is 0 Å². The normalized spacial score (nSPS) is 13.9. The molecule has 44 heavy (non-hydrogen) atoms. The van der Waals surface area contributed by atoms with Crippen LogP contribution in [0.4, 0.5) is 0 Å². The lowest BCUT2D eigenvalue weighted by molar-refractivity contribution is 0.661. The van der Waals surface area contributed by atoms with Crippen molar-refractivity contribution in [3.8, 4) is 50.2 Å². The fraction of sp³-hybridized carbons (Fsp3) is 0.0698. The number of hydrogen-bond acceptors (Lipinski definition) is 0. The number of para-hydroxylation sites is 1. The van der Waals surface area contributed by atoms with Crippen LogP contribution in [0.1, 0.15) is 25.0 Å². The van der Waals surface area contributed by atoms with E-state index < -0.39 is 0 Å². The van der Waals surface area contributed by atoms with E-state index in [1.54, 1.807) is 0 Å². The fourth-order valence-corrected chi connectivity index (χ4v) is 8.22. The molecule has 8 aromatic rings. The maximum Gasteiger partial charge on any atom is 0.0544 e. The van der Waals surface area contributed by atoms with Crippen molar-refractivity contribution < 1.29 is 0 Å². The van der Waals surface area contributed by atoms with Gasteiger partial charge in [-0.15, -0.1) is 0 Å². The molecule has 0 fully saturated rings. The Morgan fingerprint density at radius 1 is 0.432 bits per heavy atom. The summed E-state index contributed by atoms with van der Waals surface area (Å²) in [7, 11) is 0. The van der Waals surface area contributed by atoms with Gasteiger partial charge in [-0.3, -0.25) is 0 Å². The van der Waals surface area contributed by atoms with E-state index in [2.05, 4.69) is 158 Å². The van der Waals surface area contributed by atoms with Crippen molar-refractivity contribution in [1.29, 1.82) is 0 Å². The second-order valence-corrected chi connectivity index (χ2v) is 13.0. The maximum atomic E-state index is 2.46. The second-order valence-electron chi connectivity index (χ2n) is 13.0. The Hall–Kier alpha value is -5.40. The zero-order chi connectivity index (χ0) is 29.2. The monoisotopic (exact) mass is 559 g/mol. The van der Waals surface area contributed by atoms with Crippen molar-refractivity contribution in [3.63, 3.8) is 0 Å². The molecule has 0 saturated carbocycles. The van der Waals surface area contributed by atoms with Gasteiger partial charge in [-0.05, 0) is 103 Å². The lowest BCUT2D eigenvalue weighted by Gasteiger charge is -2.21. The van der Waals surface area contributed by atoms with E-state index in [1.165, 1.54) is 93.9 Å². The molecule has 0 spiro atoms. The number of nitrogens with zero attached hydrogens (tertiary/aromatic N) is 1. The number of benzene rings is 7. The van der Waals surface area contributed by atoms with Crippen LogP contribution in [0.2, 0.25) is 0 Å². The summed E-state index contributed by atoms with van der Waals surface area (Å²) in [5.41, 5.74) is 17.0. The molecule has 2 aliphatic carbocycles. The molecule has 0 aliphatic heterocycles. The van der Waals surface area contributed by atoms with Gasteiger partial charge in [0.05, 0.1) is 11.0 Å². The Bertz CT molecular complexity index is 2500. The molecule has 10 rings (SSSR count). The summed E-state index contributed by atoms with van der Waals surface area (Å²) < 4.78 is 2.45. The fourth-order valence-electron chi connectivity index (χ4n) is 8.22. The average Bonchev–Trinajstić information content (AvgIpc) is 3.65. The molecule has 1 heteroatoms. The van der Waals surface area contributed by atoms with E-state index in [1.807, 2.05) is 0 Å². The number of aromatic nitrogens is 1. The molecular formula is C43H29N. The molecule has 0 saturated heterocycles. The Labute approximate surface area is 256 Å². The highest BCUT2D eigenvalue weighted by Crippen LogP contribution is 2.51. The van der Waals surface area contributed by atoms with Crippen LogP contribution in [-0.2, 0) is 5.41 Å². The van der Waals surface area contributed by atoms with Gasteiger partial charge in [-0.1, -0.05) is 117 Å². The van der Waals surface area contributed by atoms with E-state index in [0.717, 1.165) is 0 Å². The summed E-state index contributed by atoms with van der Waals surface area (Å²) in [5.74, 6) is 0. The molecule has 2 aliphatic rings. The lowest BCUT2D eigenvalue weighted by Crippen LogP contribution is -2.14. The van der Waals surface area contributed by atoms with Crippen LogP contribution < -0.4 is 0 Å². The third-order valence-electron chi connectivity index (χ3n) is 10.3. The second kappa shape index (κ2) is 8.36. The van der Waals surface area contributed by atoms with Crippen LogP contribution in [0.5, 0.6) is 0 Å². The highest BCUT2D eigenvalue weighted by molar-refractivity contribution is 6.16. The van der Waals surface area contributed by atoms with Crippen LogP contribution in [-0.4, -0.2) is 4.57 Å². The van der Waals surface area contributed by atoms with Crippen LogP contribution in [0.15, 0.2) is 140 Å². The molecule has 0 amide bonds. The minimum Gasteiger partial charge on any atom is -0.309 e. The topological polar surface area (TPSA) is 4.93 Å². The van der Waals surface area contributed by atoms with Gasteiger partial charge in [0.15, 0.2) is 0 Å². The van der Waals surface area contributed by atoms with Crippen LogP contribution in [0.3, 0.4) is 0 Å². The Kier molecular flexibility index (Phi) is 4.58. The van der Waals surface area contributed by atoms with Gasteiger partial charge >= 0.3 is 0 Å². The molecule has 1 heterocycles. The molecule has 0 unspecified atom stereocenters. The van der Waals surface area contributed by atoms with Crippen molar-refractivity contribution >= 4 is 32.6 Å². The van der Waals surface area contributed by atoms with Gasteiger partial charge < -0.3 is 4.57 Å². The largest absolute Gasteiger partial charge is 0.309 e. The molecule has 7 aromatic carbocycles. The summed E-state index contributed by atoms with van der Waals surface area (Å²) in [5, 5.41) is 5.29. The maximum absolute atomic E-state index is 2.46. The first kappa shape index (κ1) is 24.1. The van der Waals surface area contributed by atoms with Crippen LogP contribution in [0, 0.1) is 0 Å². The first-order chi connectivity index (χ1) is 21.6. The minimum atomic E-state index is -0.0389. The van der Waals surface area contributed by atoms with Crippen molar-refractivity contribution in [2.24, 2.45) is 0 Å². The Balaban J connectivity index is 1.12. The number of hydrogen-bond donors (Lipinski definition) is 0. The van der Waals surface area contributed by atoms with E-state index in [0.29, 0.717) is 0 Å². The molecule has 0 bridgehead atoms. The van der Waals surface area contributed by atoms with Crippen LogP contribution in [0.25, 0.3) is 82.8 Å². The molecule has 1 aromatic heterocycles. The van der Waals surface area contributed by atoms with Crippen molar-refractivity contribution in [3.05, 3.63) is 151 Å². The SMILES string of the molecule is CC1(C)c2ccccc2-c2cc3c4ccccc4n(-c4ccc(-c5ccc6c(c5)-c5cccc7cccc-6c57)cc4)c3cc21. The van der Waals surface area contributed by atoms with Crippen molar-refractivity contribution in [1.82, 2.24) is 4.57 Å². The van der Waals surface area contributed by atoms with E-state index in [-0.39, 0.29) is 5.41 Å². The molecule has 206 valence electrons. The summed E-state index contributed by atoms with van der Waals surface area (Å²) in [6, 6.07) is 52.1.